The molecule has 62 heavy (non-hydrogen) atoms. The number of rotatable bonds is 9. The van der Waals surface area contributed by atoms with Crippen molar-refractivity contribution in [3.05, 3.63) is 234 Å². The van der Waals surface area contributed by atoms with Crippen molar-refractivity contribution in [1.82, 2.24) is 9.55 Å². The molecule has 0 saturated carbocycles. The number of imidazole rings is 1. The first-order valence-corrected chi connectivity index (χ1v) is 21.4. The zero-order valence-corrected chi connectivity index (χ0v) is 35.5. The predicted molar refractivity (Wildman–Crippen MR) is 264 cm³/mol. The van der Waals surface area contributed by atoms with E-state index in [0.29, 0.717) is 0 Å². The van der Waals surface area contributed by atoms with Gasteiger partial charge in [0.15, 0.2) is 0 Å². The van der Waals surface area contributed by atoms with Crippen LogP contribution in [0.5, 0.6) is 0 Å². The summed E-state index contributed by atoms with van der Waals surface area (Å²) >= 11 is 0. The van der Waals surface area contributed by atoms with Crippen molar-refractivity contribution in [2.24, 2.45) is 0 Å². The summed E-state index contributed by atoms with van der Waals surface area (Å²) in [6.07, 6.45) is 4.37. The minimum atomic E-state index is 0.908. The third kappa shape index (κ3) is 7.39. The van der Waals surface area contributed by atoms with E-state index in [9.17, 15) is 0 Å². The summed E-state index contributed by atoms with van der Waals surface area (Å²) in [4.78, 5) is 7.99. The van der Waals surface area contributed by atoms with Crippen molar-refractivity contribution in [2.75, 3.05) is 4.90 Å². The van der Waals surface area contributed by atoms with Crippen LogP contribution in [0.15, 0.2) is 200 Å². The molecule has 0 unspecified atom stereocenters. The lowest BCUT2D eigenvalue weighted by Crippen LogP contribution is -2.09. The molecule has 3 nitrogen and oxygen atoms in total. The molecule has 9 aromatic carbocycles. The van der Waals surface area contributed by atoms with Crippen LogP contribution in [0.25, 0.3) is 73.3 Å². The molecule has 298 valence electrons. The summed E-state index contributed by atoms with van der Waals surface area (Å²) in [5.74, 6) is 0.908. The quantitative estimate of drug-likeness (QED) is 0.136. The topological polar surface area (TPSA) is 21.1 Å². The average molecular weight is 798 g/mol. The van der Waals surface area contributed by atoms with Gasteiger partial charge in [0, 0.05) is 39.4 Å². The molecule has 0 fully saturated rings. The van der Waals surface area contributed by atoms with Crippen molar-refractivity contribution < 1.29 is 0 Å². The second-order valence-electron chi connectivity index (χ2n) is 16.4. The van der Waals surface area contributed by atoms with Crippen LogP contribution in [0.2, 0.25) is 0 Å². The van der Waals surface area contributed by atoms with E-state index in [1.807, 2.05) is 0 Å². The van der Waals surface area contributed by atoms with Crippen LogP contribution in [0.1, 0.15) is 33.4 Å². The van der Waals surface area contributed by atoms with Crippen LogP contribution in [-0.4, -0.2) is 9.55 Å². The number of fused-ring (bicyclic) bond motifs is 2. The van der Waals surface area contributed by atoms with Crippen LogP contribution in [0.3, 0.4) is 0 Å². The summed E-state index contributed by atoms with van der Waals surface area (Å²) < 4.78 is 2.39. The minimum absolute atomic E-state index is 0.908. The molecular weight excluding hydrogens is 751 g/mol. The first-order chi connectivity index (χ1) is 30.4. The van der Waals surface area contributed by atoms with Gasteiger partial charge in [-0.05, 0) is 109 Å². The predicted octanol–water partition coefficient (Wildman–Crippen LogP) is 16.1. The first-order valence-electron chi connectivity index (χ1n) is 21.4. The Morgan fingerprint density at radius 1 is 0.403 bits per heavy atom. The monoisotopic (exact) mass is 797 g/mol. The molecule has 10 rings (SSSR count). The van der Waals surface area contributed by atoms with Gasteiger partial charge in [-0.1, -0.05) is 186 Å². The Labute approximate surface area is 364 Å². The van der Waals surface area contributed by atoms with Gasteiger partial charge >= 0.3 is 0 Å². The number of aryl methyl sites for hydroxylation is 4. The highest BCUT2D eigenvalue weighted by molar-refractivity contribution is 6.20. The average Bonchev–Trinajstić information content (AvgIpc) is 3.68. The lowest BCUT2D eigenvalue weighted by Gasteiger charge is -2.25. The Kier molecular flexibility index (Phi) is 10.1. The van der Waals surface area contributed by atoms with Crippen LogP contribution in [-0.2, 0) is 0 Å². The summed E-state index contributed by atoms with van der Waals surface area (Å²) in [7, 11) is 0. The molecule has 0 aliphatic rings. The van der Waals surface area contributed by atoms with Gasteiger partial charge in [0.25, 0.3) is 0 Å². The first kappa shape index (κ1) is 38.5. The number of para-hydroxylation sites is 3. The molecule has 0 N–H and O–H groups in total. The third-order valence-electron chi connectivity index (χ3n) is 11.7. The Hall–Kier alpha value is -7.75. The largest absolute Gasteiger partial charge is 0.311 e. The van der Waals surface area contributed by atoms with Crippen LogP contribution in [0, 0.1) is 27.7 Å². The smallest absolute Gasteiger partial charge is 0.145 e. The van der Waals surface area contributed by atoms with Gasteiger partial charge in [0.1, 0.15) is 5.82 Å². The number of aromatic nitrogens is 2. The van der Waals surface area contributed by atoms with Crippen LogP contribution in [0.4, 0.5) is 17.1 Å². The molecule has 0 spiro atoms. The van der Waals surface area contributed by atoms with Crippen molar-refractivity contribution >= 4 is 51.0 Å². The van der Waals surface area contributed by atoms with E-state index in [0.717, 1.165) is 61.9 Å². The molecule has 0 bridgehead atoms. The minimum Gasteiger partial charge on any atom is -0.311 e. The Morgan fingerprint density at radius 3 is 1.34 bits per heavy atom. The molecule has 1 heterocycles. The highest BCUT2D eigenvalue weighted by Gasteiger charge is 2.25. The highest BCUT2D eigenvalue weighted by Crippen LogP contribution is 2.46. The molecule has 0 amide bonds. The standard InChI is InChI=1S/C59H47N3/c1-40-34-41(2)37-47(36-40)55-53-22-14-15-23-54(53)56(48-38-42(3)35-43(4)39-48)58-57(55)60-59(62(58)51-20-12-7-13-21-51)46-30-26-44(27-31-46)24-25-45-28-32-52(33-29-45)61(49-16-8-5-9-17-49)50-18-10-6-11-19-50/h5-39H,1-4H3/b25-24+. The summed E-state index contributed by atoms with van der Waals surface area (Å²) in [6, 6.07) is 72.0. The molecule has 0 atom stereocenters. The van der Waals surface area contributed by atoms with E-state index in [1.165, 1.54) is 49.7 Å². The number of nitrogens with zero attached hydrogens (tertiary/aromatic N) is 3. The zero-order chi connectivity index (χ0) is 42.2. The molecule has 3 heteroatoms. The molecule has 10 aromatic rings. The van der Waals surface area contributed by atoms with E-state index in [-0.39, 0.29) is 0 Å². The van der Waals surface area contributed by atoms with E-state index >= 15 is 0 Å². The van der Waals surface area contributed by atoms with E-state index in [1.54, 1.807) is 0 Å². The summed E-state index contributed by atoms with van der Waals surface area (Å²) in [6.45, 7) is 8.75. The fraction of sp³-hybridized carbons (Fsp3) is 0.0678. The van der Waals surface area contributed by atoms with Gasteiger partial charge in [-0.15, -0.1) is 0 Å². The molecule has 0 saturated heterocycles. The van der Waals surface area contributed by atoms with Crippen LogP contribution < -0.4 is 4.90 Å². The Balaban J connectivity index is 1.10. The van der Waals surface area contributed by atoms with Crippen molar-refractivity contribution in [3.8, 4) is 39.3 Å². The number of hydrogen-bond acceptors (Lipinski definition) is 2. The lowest BCUT2D eigenvalue weighted by atomic mass is 9.88. The van der Waals surface area contributed by atoms with Crippen LogP contribution >= 0.6 is 0 Å². The van der Waals surface area contributed by atoms with Gasteiger partial charge in [-0.2, -0.15) is 0 Å². The summed E-state index contributed by atoms with van der Waals surface area (Å²) in [5.41, 5.74) is 19.5. The fourth-order valence-electron chi connectivity index (χ4n) is 9.12. The summed E-state index contributed by atoms with van der Waals surface area (Å²) in [5, 5.41) is 2.41. The number of anilines is 3. The van der Waals surface area contributed by atoms with Gasteiger partial charge in [0.05, 0.1) is 11.0 Å². The second-order valence-corrected chi connectivity index (χ2v) is 16.4. The molecule has 0 aliphatic heterocycles. The number of hydrogen-bond donors (Lipinski definition) is 0. The third-order valence-corrected chi connectivity index (χ3v) is 11.7. The Morgan fingerprint density at radius 2 is 0.823 bits per heavy atom. The van der Waals surface area contributed by atoms with Crippen molar-refractivity contribution in [3.63, 3.8) is 0 Å². The zero-order valence-electron chi connectivity index (χ0n) is 35.5. The maximum Gasteiger partial charge on any atom is 0.145 e. The lowest BCUT2D eigenvalue weighted by molar-refractivity contribution is 1.10. The van der Waals surface area contributed by atoms with Crippen molar-refractivity contribution in [1.29, 1.82) is 0 Å². The molecule has 1 aromatic heterocycles. The van der Waals surface area contributed by atoms with Gasteiger partial charge < -0.3 is 4.90 Å². The second kappa shape index (κ2) is 16.4. The van der Waals surface area contributed by atoms with Gasteiger partial charge in [-0.3, -0.25) is 4.57 Å². The number of benzene rings is 9. The maximum atomic E-state index is 5.71. The maximum absolute atomic E-state index is 5.71. The SMILES string of the molecule is Cc1cc(C)cc(-c2c3ccccc3c(-c3cc(C)cc(C)c3)c3c2nc(-c2ccc(/C=C/c4ccc(N(c5ccccc5)c5ccccc5)cc4)cc2)n3-c2ccccc2)c1. The normalized spacial score (nSPS) is 11.5. The molecule has 0 aliphatic carbocycles. The highest BCUT2D eigenvalue weighted by atomic mass is 15.1. The van der Waals surface area contributed by atoms with E-state index in [2.05, 4.69) is 250 Å². The van der Waals surface area contributed by atoms with Gasteiger partial charge in [-0.25, -0.2) is 4.98 Å². The molecule has 0 radical (unpaired) electrons. The van der Waals surface area contributed by atoms with E-state index in [4.69, 9.17) is 4.98 Å². The molecular formula is C59H47N3. The van der Waals surface area contributed by atoms with E-state index < -0.39 is 0 Å². The Bertz CT molecular complexity index is 3150. The fourth-order valence-corrected chi connectivity index (χ4v) is 9.12. The van der Waals surface area contributed by atoms with Gasteiger partial charge in [0.2, 0.25) is 0 Å². The van der Waals surface area contributed by atoms with Crippen molar-refractivity contribution in [2.45, 2.75) is 27.7 Å².